The molecule has 12 nitrogen and oxygen atoms in total. The van der Waals surface area contributed by atoms with Gasteiger partial charge in [0.1, 0.15) is 20.2 Å². The van der Waals surface area contributed by atoms with Crippen molar-refractivity contribution in [3.8, 4) is 0 Å². The molecule has 0 unspecified atom stereocenters. The summed E-state index contributed by atoms with van der Waals surface area (Å²) in [5.74, 6) is 0. The van der Waals surface area contributed by atoms with Crippen LogP contribution >= 0.6 is 0 Å². The molecule has 0 bridgehead atoms. The summed E-state index contributed by atoms with van der Waals surface area (Å²) < 4.78 is 66.2. The van der Waals surface area contributed by atoms with E-state index in [0.717, 1.165) is 43.6 Å². The number of nitrogens with two attached hydrogens (primary N) is 2. The number of anilines is 2. The van der Waals surface area contributed by atoms with Crippen molar-refractivity contribution >= 4 is 96.8 Å². The van der Waals surface area contributed by atoms with Crippen LogP contribution in [0.4, 0.5) is 11.4 Å². The van der Waals surface area contributed by atoms with Gasteiger partial charge in [-0.2, -0.15) is 0 Å². The molecule has 10 aromatic rings. The Kier molecular flexibility index (Phi) is 12.8. The van der Waals surface area contributed by atoms with Crippen LogP contribution in [0.25, 0.3) is 65.2 Å². The minimum absolute atomic E-state index is 0. The standard InChI is InChI=1S/2C12H8N2.2C10H9NO3S.Co/c2*1-3-9-5-6-10-4-2-8-14-12(10)11(9)13-7-1;2*11-9-6-5-7-3-1-2-4-8(7)10(9)15(12,13)14;/h2*1-8H;2*1-6H,11H2,(H,12,13,14);/q;;;;+2/p-2. The van der Waals surface area contributed by atoms with Gasteiger partial charge < -0.3 is 20.6 Å². The van der Waals surface area contributed by atoms with Crippen LogP contribution in [0, 0.1) is 0 Å². The Labute approximate surface area is 349 Å². The van der Waals surface area contributed by atoms with Crippen LogP contribution < -0.4 is 11.5 Å². The molecule has 0 aliphatic heterocycles. The summed E-state index contributed by atoms with van der Waals surface area (Å²) in [5.41, 5.74) is 14.9. The molecule has 0 fully saturated rings. The van der Waals surface area contributed by atoms with E-state index in [4.69, 9.17) is 11.5 Å². The third-order valence-electron chi connectivity index (χ3n) is 9.01. The zero-order chi connectivity index (χ0) is 40.9. The average Bonchev–Trinajstić information content (AvgIpc) is 3.23. The number of pyridine rings is 4. The van der Waals surface area contributed by atoms with Crippen molar-refractivity contribution in [2.45, 2.75) is 9.79 Å². The van der Waals surface area contributed by atoms with E-state index in [0.29, 0.717) is 21.5 Å². The number of benzene rings is 6. The minimum atomic E-state index is -4.54. The molecule has 6 aromatic carbocycles. The first-order chi connectivity index (χ1) is 27.9. The molecular formula is C44H32CoN6O6S2. The molecule has 4 N–H and O–H groups in total. The first-order valence-electron chi connectivity index (χ1n) is 17.5. The van der Waals surface area contributed by atoms with Gasteiger partial charge >= 0.3 is 16.8 Å². The van der Waals surface area contributed by atoms with Gasteiger partial charge in [-0.3, -0.25) is 19.9 Å². The van der Waals surface area contributed by atoms with Crippen LogP contribution in [-0.4, -0.2) is 45.9 Å². The number of nitrogens with zero attached hydrogens (tertiary/aromatic N) is 4. The molecular weight excluding hydrogens is 832 g/mol. The Morgan fingerprint density at radius 2 is 0.610 bits per heavy atom. The Hall–Kier alpha value is -6.59. The zero-order valence-electron chi connectivity index (χ0n) is 30.7. The number of hydrogen-bond acceptors (Lipinski definition) is 12. The molecule has 4 heterocycles. The Morgan fingerprint density at radius 3 is 0.898 bits per heavy atom. The molecule has 295 valence electrons. The van der Waals surface area contributed by atoms with E-state index >= 15 is 0 Å². The predicted octanol–water partition coefficient (Wildman–Crippen LogP) is 8.22. The summed E-state index contributed by atoms with van der Waals surface area (Å²) in [7, 11) is -9.07. The molecule has 0 amide bonds. The topological polar surface area (TPSA) is 218 Å². The van der Waals surface area contributed by atoms with Crippen LogP contribution in [0.15, 0.2) is 180 Å². The second-order valence-electron chi connectivity index (χ2n) is 12.7. The van der Waals surface area contributed by atoms with Gasteiger partial charge in [-0.1, -0.05) is 109 Å². The SMILES string of the molecule is Nc1ccc2ccccc2c1S(=O)(=O)[O-].Nc1ccc2ccccc2c1S(=O)(=O)[O-].[Co+2].c1cnc2c(c1)ccc1cccnc12.c1cnc2c(c1)ccc1cccnc12. The summed E-state index contributed by atoms with van der Waals surface area (Å²) in [5, 5.41) is 6.65. The van der Waals surface area contributed by atoms with Crippen molar-refractivity contribution in [2.75, 3.05) is 11.5 Å². The van der Waals surface area contributed by atoms with Gasteiger partial charge in [-0.05, 0) is 47.2 Å². The maximum absolute atomic E-state index is 11.0. The monoisotopic (exact) mass is 863 g/mol. The van der Waals surface area contributed by atoms with Crippen molar-refractivity contribution in [3.05, 3.63) is 170 Å². The van der Waals surface area contributed by atoms with E-state index in [2.05, 4.69) is 68.5 Å². The van der Waals surface area contributed by atoms with E-state index in [-0.39, 0.29) is 37.9 Å². The molecule has 0 atom stereocenters. The van der Waals surface area contributed by atoms with Crippen LogP contribution in [0.5, 0.6) is 0 Å². The number of fused-ring (bicyclic) bond motifs is 8. The van der Waals surface area contributed by atoms with Gasteiger partial charge in [0.05, 0.1) is 31.9 Å². The van der Waals surface area contributed by atoms with Crippen molar-refractivity contribution < 1.29 is 42.7 Å². The molecule has 59 heavy (non-hydrogen) atoms. The van der Waals surface area contributed by atoms with Gasteiger partial charge in [-0.25, -0.2) is 16.8 Å². The van der Waals surface area contributed by atoms with Crippen LogP contribution in [-0.2, 0) is 37.0 Å². The fourth-order valence-electron chi connectivity index (χ4n) is 6.44. The van der Waals surface area contributed by atoms with E-state index < -0.39 is 20.2 Å². The predicted molar refractivity (Wildman–Crippen MR) is 227 cm³/mol. The summed E-state index contributed by atoms with van der Waals surface area (Å²) >= 11 is 0. The smallest absolute Gasteiger partial charge is 0.744 e. The zero-order valence-corrected chi connectivity index (χ0v) is 33.4. The maximum Gasteiger partial charge on any atom is 2.00 e. The fraction of sp³-hybridized carbons (Fsp3) is 0. The summed E-state index contributed by atoms with van der Waals surface area (Å²) in [6.45, 7) is 0. The Morgan fingerprint density at radius 1 is 0.356 bits per heavy atom. The molecule has 4 aromatic heterocycles. The first-order valence-corrected chi connectivity index (χ1v) is 20.3. The molecule has 0 aliphatic carbocycles. The largest absolute Gasteiger partial charge is 2.00 e. The summed E-state index contributed by atoms with van der Waals surface area (Å²) in [6.07, 6.45) is 7.21. The van der Waals surface area contributed by atoms with Gasteiger partial charge in [0, 0.05) is 68.5 Å². The maximum atomic E-state index is 11.0. The molecule has 0 saturated heterocycles. The Balaban J connectivity index is 0.000000132. The average molecular weight is 864 g/mol. The van der Waals surface area contributed by atoms with E-state index in [1.165, 1.54) is 12.1 Å². The van der Waals surface area contributed by atoms with Gasteiger partial charge in [0.25, 0.3) is 0 Å². The van der Waals surface area contributed by atoms with Crippen molar-refractivity contribution in [1.29, 1.82) is 0 Å². The molecule has 0 saturated carbocycles. The fourth-order valence-corrected chi connectivity index (χ4v) is 8.06. The van der Waals surface area contributed by atoms with Crippen molar-refractivity contribution in [3.63, 3.8) is 0 Å². The Bertz CT molecular complexity index is 3020. The quantitative estimate of drug-likeness (QED) is 0.0954. The minimum Gasteiger partial charge on any atom is -0.744 e. The number of rotatable bonds is 2. The van der Waals surface area contributed by atoms with E-state index in [1.54, 1.807) is 85.5 Å². The van der Waals surface area contributed by atoms with Crippen LogP contribution in [0.1, 0.15) is 0 Å². The second-order valence-corrected chi connectivity index (χ2v) is 15.4. The normalized spacial score (nSPS) is 11.2. The van der Waals surface area contributed by atoms with E-state index in [1.807, 2.05) is 24.3 Å². The van der Waals surface area contributed by atoms with Gasteiger partial charge in [0.2, 0.25) is 0 Å². The molecule has 10 rings (SSSR count). The third kappa shape index (κ3) is 9.42. The molecule has 0 spiro atoms. The molecule has 1 radical (unpaired) electrons. The second kappa shape index (κ2) is 17.9. The third-order valence-corrected chi connectivity index (χ3v) is 10.9. The van der Waals surface area contributed by atoms with E-state index in [9.17, 15) is 25.9 Å². The number of hydrogen-bond donors (Lipinski definition) is 2. The first kappa shape index (κ1) is 42.0. The summed E-state index contributed by atoms with van der Waals surface area (Å²) in [4.78, 5) is 16.7. The van der Waals surface area contributed by atoms with Gasteiger partial charge in [0.15, 0.2) is 0 Å². The number of aromatic nitrogens is 4. The van der Waals surface area contributed by atoms with Crippen LogP contribution in [0.2, 0.25) is 0 Å². The van der Waals surface area contributed by atoms with Crippen LogP contribution in [0.3, 0.4) is 0 Å². The molecule has 15 heteroatoms. The number of nitrogen functional groups attached to an aromatic ring is 2. The van der Waals surface area contributed by atoms with Gasteiger partial charge in [-0.15, -0.1) is 0 Å². The molecule has 0 aliphatic rings. The van der Waals surface area contributed by atoms with Crippen molar-refractivity contribution in [2.24, 2.45) is 0 Å². The van der Waals surface area contributed by atoms with Crippen molar-refractivity contribution in [1.82, 2.24) is 19.9 Å². The summed E-state index contributed by atoms with van der Waals surface area (Å²) in [6, 6.07) is 43.9.